The number of anilines is 1. The molecule has 2 aromatic rings. The van der Waals surface area contributed by atoms with E-state index in [0.29, 0.717) is 10.7 Å². The Bertz CT molecular complexity index is 657. The van der Waals surface area contributed by atoms with Gasteiger partial charge in [0.2, 0.25) is 0 Å². The Kier molecular flexibility index (Phi) is 4.17. The summed E-state index contributed by atoms with van der Waals surface area (Å²) in [5.41, 5.74) is 1.84. The van der Waals surface area contributed by atoms with Crippen LogP contribution in [-0.2, 0) is 12.8 Å². The Morgan fingerprint density at radius 3 is 2.81 bits per heavy atom. The molecule has 1 amide bonds. The van der Waals surface area contributed by atoms with Crippen LogP contribution in [0.1, 0.15) is 39.4 Å². The van der Waals surface area contributed by atoms with Gasteiger partial charge in [0.1, 0.15) is 5.75 Å². The first kappa shape index (κ1) is 14.4. The lowest BCUT2D eigenvalue weighted by molar-refractivity contribution is 0.103. The summed E-state index contributed by atoms with van der Waals surface area (Å²) in [6.07, 6.45) is 5.82. The maximum absolute atomic E-state index is 12.3. The average molecular weight is 322 g/mol. The number of amides is 1. The highest BCUT2D eigenvalue weighted by Crippen LogP contribution is 2.31. The van der Waals surface area contributed by atoms with Crippen molar-refractivity contribution in [2.75, 3.05) is 5.32 Å². The summed E-state index contributed by atoms with van der Waals surface area (Å²) in [6.45, 7) is 0. The second-order valence-electron chi connectivity index (χ2n) is 5.24. The van der Waals surface area contributed by atoms with Gasteiger partial charge < -0.3 is 10.4 Å². The molecule has 0 unspecified atom stereocenters. The Morgan fingerprint density at radius 2 is 2.00 bits per heavy atom. The van der Waals surface area contributed by atoms with Crippen molar-refractivity contribution in [1.82, 2.24) is 0 Å². The number of fused-ring (bicyclic) bond motifs is 1. The number of thiophene rings is 1. The number of phenolic OH excluding ortho intramolecular Hbond substituents is 1. The molecule has 21 heavy (non-hydrogen) atoms. The van der Waals surface area contributed by atoms with E-state index in [9.17, 15) is 9.90 Å². The van der Waals surface area contributed by atoms with Crippen molar-refractivity contribution in [3.63, 3.8) is 0 Å². The van der Waals surface area contributed by atoms with Crippen molar-refractivity contribution in [3.8, 4) is 5.75 Å². The molecule has 1 aromatic heterocycles. The van der Waals surface area contributed by atoms with Crippen LogP contribution in [0.25, 0.3) is 0 Å². The molecule has 1 heterocycles. The van der Waals surface area contributed by atoms with Gasteiger partial charge in [-0.1, -0.05) is 18.0 Å². The molecular formula is C16H16ClNO2S. The molecule has 0 saturated heterocycles. The van der Waals surface area contributed by atoms with Gasteiger partial charge in [0.15, 0.2) is 0 Å². The zero-order valence-corrected chi connectivity index (χ0v) is 13.1. The van der Waals surface area contributed by atoms with Crippen molar-refractivity contribution in [2.45, 2.75) is 32.1 Å². The van der Waals surface area contributed by atoms with E-state index < -0.39 is 0 Å². The van der Waals surface area contributed by atoms with Gasteiger partial charge in [-0.25, -0.2) is 0 Å². The van der Waals surface area contributed by atoms with Crippen molar-refractivity contribution in [2.24, 2.45) is 0 Å². The normalized spacial score (nSPS) is 14.3. The lowest BCUT2D eigenvalue weighted by atomic mass is 10.1. The maximum atomic E-state index is 12.3. The minimum atomic E-state index is -0.138. The van der Waals surface area contributed by atoms with Gasteiger partial charge in [0.05, 0.1) is 15.6 Å². The third kappa shape index (κ3) is 3.22. The number of hydrogen-bond donors (Lipinski definition) is 2. The molecule has 1 aliphatic rings. The molecule has 0 saturated carbocycles. The summed E-state index contributed by atoms with van der Waals surface area (Å²) in [5.74, 6) is -0.0542. The number of nitrogens with one attached hydrogen (secondary N) is 1. The summed E-state index contributed by atoms with van der Waals surface area (Å²) in [7, 11) is 0. The Labute approximate surface area is 132 Å². The highest BCUT2D eigenvalue weighted by molar-refractivity contribution is 7.14. The van der Waals surface area contributed by atoms with Crippen LogP contribution >= 0.6 is 22.9 Å². The van der Waals surface area contributed by atoms with E-state index in [4.69, 9.17) is 11.6 Å². The second-order valence-corrected chi connectivity index (χ2v) is 6.78. The van der Waals surface area contributed by atoms with E-state index in [-0.39, 0.29) is 11.7 Å². The van der Waals surface area contributed by atoms with E-state index >= 15 is 0 Å². The molecular weight excluding hydrogens is 306 g/mol. The molecule has 110 valence electrons. The van der Waals surface area contributed by atoms with Crippen LogP contribution in [-0.4, -0.2) is 11.0 Å². The molecule has 0 atom stereocenters. The van der Waals surface area contributed by atoms with Gasteiger partial charge in [-0.15, -0.1) is 11.3 Å². The first-order valence-electron chi connectivity index (χ1n) is 7.05. The number of phenols is 1. The van der Waals surface area contributed by atoms with Crippen LogP contribution in [0.4, 0.5) is 5.69 Å². The molecule has 3 nitrogen and oxygen atoms in total. The van der Waals surface area contributed by atoms with Crippen molar-refractivity contribution in [1.29, 1.82) is 0 Å². The summed E-state index contributed by atoms with van der Waals surface area (Å²) >= 11 is 7.59. The van der Waals surface area contributed by atoms with Gasteiger partial charge in [-0.05, 0) is 49.4 Å². The molecule has 1 aliphatic carbocycles. The number of carbonyl (C=O) groups is 1. The number of benzene rings is 1. The lowest BCUT2D eigenvalue weighted by Crippen LogP contribution is -2.10. The zero-order chi connectivity index (χ0) is 14.8. The summed E-state index contributed by atoms with van der Waals surface area (Å²) < 4.78 is 0. The average Bonchev–Trinajstić information content (AvgIpc) is 2.73. The minimum absolute atomic E-state index is 0.0841. The summed E-state index contributed by atoms with van der Waals surface area (Å²) in [4.78, 5) is 14.4. The van der Waals surface area contributed by atoms with E-state index in [0.717, 1.165) is 17.7 Å². The van der Waals surface area contributed by atoms with Crippen molar-refractivity contribution < 1.29 is 9.90 Å². The van der Waals surface area contributed by atoms with Crippen LogP contribution in [0.2, 0.25) is 5.02 Å². The Morgan fingerprint density at radius 1 is 1.19 bits per heavy atom. The largest absolute Gasteiger partial charge is 0.508 e. The zero-order valence-electron chi connectivity index (χ0n) is 11.5. The molecule has 0 aliphatic heterocycles. The quantitative estimate of drug-likeness (QED) is 0.626. The van der Waals surface area contributed by atoms with Gasteiger partial charge in [0, 0.05) is 10.9 Å². The fraction of sp³-hybridized carbons (Fsp3) is 0.312. The Balaban J connectivity index is 1.79. The molecule has 5 heteroatoms. The molecule has 0 bridgehead atoms. The first-order valence-corrected chi connectivity index (χ1v) is 8.24. The van der Waals surface area contributed by atoms with Gasteiger partial charge in [-0.2, -0.15) is 0 Å². The van der Waals surface area contributed by atoms with Crippen LogP contribution in [0.15, 0.2) is 24.3 Å². The van der Waals surface area contributed by atoms with Crippen LogP contribution in [0.5, 0.6) is 5.75 Å². The molecule has 2 N–H and O–H groups in total. The van der Waals surface area contributed by atoms with Crippen molar-refractivity contribution in [3.05, 3.63) is 44.6 Å². The minimum Gasteiger partial charge on any atom is -0.508 e. The number of aryl methyl sites for hydroxylation is 2. The molecule has 3 rings (SSSR count). The van der Waals surface area contributed by atoms with Crippen LogP contribution < -0.4 is 5.32 Å². The van der Waals surface area contributed by atoms with E-state index in [1.807, 2.05) is 6.07 Å². The van der Waals surface area contributed by atoms with Crippen molar-refractivity contribution >= 4 is 34.5 Å². The number of hydrogen-bond acceptors (Lipinski definition) is 3. The third-order valence-electron chi connectivity index (χ3n) is 3.67. The topological polar surface area (TPSA) is 49.3 Å². The van der Waals surface area contributed by atoms with Crippen LogP contribution in [0.3, 0.4) is 0 Å². The van der Waals surface area contributed by atoms with Gasteiger partial charge in [-0.3, -0.25) is 4.79 Å². The number of halogens is 1. The van der Waals surface area contributed by atoms with E-state index in [2.05, 4.69) is 5.32 Å². The number of aromatic hydroxyl groups is 1. The predicted octanol–water partition coefficient (Wildman–Crippen LogP) is 4.63. The maximum Gasteiger partial charge on any atom is 0.265 e. The number of carbonyl (C=O) groups excluding carboxylic acids is 1. The SMILES string of the molecule is O=C(Nc1ccc(O)cc1Cl)c1cc2c(s1)CCCCC2. The van der Waals surface area contributed by atoms with Gasteiger partial charge >= 0.3 is 0 Å². The lowest BCUT2D eigenvalue weighted by Gasteiger charge is -2.06. The number of rotatable bonds is 2. The highest BCUT2D eigenvalue weighted by atomic mass is 35.5. The first-order chi connectivity index (χ1) is 10.1. The van der Waals surface area contributed by atoms with Gasteiger partial charge in [0.25, 0.3) is 5.91 Å². The Hall–Kier alpha value is -1.52. The summed E-state index contributed by atoms with van der Waals surface area (Å²) in [6, 6.07) is 6.54. The monoisotopic (exact) mass is 321 g/mol. The predicted molar refractivity (Wildman–Crippen MR) is 86.6 cm³/mol. The van der Waals surface area contributed by atoms with Crippen LogP contribution in [0, 0.1) is 0 Å². The second kappa shape index (κ2) is 6.08. The standard InChI is InChI=1S/C16H16ClNO2S/c17-12-9-11(19)6-7-13(12)18-16(20)15-8-10-4-2-1-3-5-14(10)21-15/h6-9,19H,1-5H2,(H,18,20). The molecule has 0 spiro atoms. The smallest absolute Gasteiger partial charge is 0.265 e. The fourth-order valence-corrected chi connectivity index (χ4v) is 3.94. The molecule has 1 aromatic carbocycles. The third-order valence-corrected chi connectivity index (χ3v) is 5.22. The fourth-order valence-electron chi connectivity index (χ4n) is 2.57. The van der Waals surface area contributed by atoms with E-state index in [1.165, 1.54) is 41.8 Å². The summed E-state index contributed by atoms with van der Waals surface area (Å²) in [5, 5.41) is 12.5. The van der Waals surface area contributed by atoms with E-state index in [1.54, 1.807) is 17.4 Å². The molecule has 0 radical (unpaired) electrons. The molecule has 0 fully saturated rings. The highest BCUT2D eigenvalue weighted by Gasteiger charge is 2.17.